The average Bonchev–Trinajstić information content (AvgIpc) is 3.17. The number of phosphoric acid groups is 1. The molecule has 0 aromatic heterocycles. The summed E-state index contributed by atoms with van der Waals surface area (Å²) in [5, 5.41) is 0. The number of hydrogen-bond acceptors (Lipinski definition) is 8. The van der Waals surface area contributed by atoms with Crippen molar-refractivity contribution in [2.75, 3.05) is 47.5 Å². The number of rotatable bonds is 38. The number of carbonyl (C=O) groups is 2. The molecule has 0 aliphatic rings. The van der Waals surface area contributed by atoms with Gasteiger partial charge in [0, 0.05) is 12.8 Å². The highest BCUT2D eigenvalue weighted by Crippen LogP contribution is 2.38. The van der Waals surface area contributed by atoms with Gasteiger partial charge in [-0.25, -0.2) is 0 Å². The van der Waals surface area contributed by atoms with Gasteiger partial charge < -0.3 is 27.9 Å². The van der Waals surface area contributed by atoms with Crippen molar-refractivity contribution in [2.45, 2.75) is 148 Å². The van der Waals surface area contributed by atoms with Gasteiger partial charge in [0.25, 0.3) is 7.82 Å². The van der Waals surface area contributed by atoms with E-state index in [2.05, 4.69) is 98.9 Å². The van der Waals surface area contributed by atoms with E-state index in [4.69, 9.17) is 18.5 Å². The van der Waals surface area contributed by atoms with Gasteiger partial charge in [0.05, 0.1) is 27.7 Å². The molecule has 0 bridgehead atoms. The second-order valence-electron chi connectivity index (χ2n) is 15.3. The van der Waals surface area contributed by atoms with Gasteiger partial charge in [-0.2, -0.15) is 0 Å². The Balaban J connectivity index is 4.58. The van der Waals surface area contributed by atoms with Crippen molar-refractivity contribution in [3.8, 4) is 0 Å². The molecule has 0 heterocycles. The van der Waals surface area contributed by atoms with Gasteiger partial charge in [-0.15, -0.1) is 0 Å². The Kier molecular flexibility index (Phi) is 37.3. The summed E-state index contributed by atoms with van der Waals surface area (Å²) >= 11 is 0. The van der Waals surface area contributed by atoms with E-state index in [1.165, 1.54) is 44.9 Å². The topological polar surface area (TPSA) is 111 Å². The highest BCUT2D eigenvalue weighted by Gasteiger charge is 2.21. The van der Waals surface area contributed by atoms with Crippen LogP contribution in [0.3, 0.4) is 0 Å². The number of esters is 2. The molecule has 0 fully saturated rings. The molecule has 10 heteroatoms. The second kappa shape index (κ2) is 39.4. The van der Waals surface area contributed by atoms with Crippen LogP contribution in [0.4, 0.5) is 0 Å². The van der Waals surface area contributed by atoms with Crippen LogP contribution in [0.1, 0.15) is 142 Å². The van der Waals surface area contributed by atoms with Gasteiger partial charge in [-0.05, 0) is 89.9 Å². The third kappa shape index (κ3) is 42.5. The SMILES string of the molecule is CCCCC/C=C/C/C=C/C/C=C/C/C=C/C/C=C/CCC(=O)O[C@H](COC(=O)CCCC/C=C/C/C=C/C/C=C/CCCCC)COP(=O)([O-])OCC[N+](C)(C)C. The number of nitrogens with zero attached hydrogens (tertiary/aromatic N) is 1. The number of ether oxygens (including phenoxy) is 2. The first-order valence-electron chi connectivity index (χ1n) is 21.9. The van der Waals surface area contributed by atoms with Gasteiger partial charge in [-0.1, -0.05) is 137 Å². The van der Waals surface area contributed by atoms with Crippen LogP contribution in [0, 0.1) is 0 Å². The summed E-state index contributed by atoms with van der Waals surface area (Å²) in [7, 11) is 1.08. The zero-order chi connectivity index (χ0) is 42.8. The van der Waals surface area contributed by atoms with Crippen LogP contribution in [0.15, 0.2) is 97.2 Å². The molecule has 0 saturated carbocycles. The van der Waals surface area contributed by atoms with Gasteiger partial charge in [0.15, 0.2) is 6.10 Å². The first kappa shape index (κ1) is 54.9. The lowest BCUT2D eigenvalue weighted by molar-refractivity contribution is -0.870. The van der Waals surface area contributed by atoms with E-state index < -0.39 is 32.5 Å². The highest BCUT2D eigenvalue weighted by atomic mass is 31.2. The number of unbranched alkanes of at least 4 members (excludes halogenated alkanes) is 8. The highest BCUT2D eigenvalue weighted by molar-refractivity contribution is 7.45. The van der Waals surface area contributed by atoms with E-state index in [9.17, 15) is 19.0 Å². The van der Waals surface area contributed by atoms with Gasteiger partial charge in [0.2, 0.25) is 0 Å². The monoisotopic (exact) mass is 830 g/mol. The molecule has 0 rings (SSSR count). The summed E-state index contributed by atoms with van der Waals surface area (Å²) < 4.78 is 33.7. The van der Waals surface area contributed by atoms with Crippen LogP contribution < -0.4 is 4.89 Å². The average molecular weight is 830 g/mol. The van der Waals surface area contributed by atoms with Crippen LogP contribution in [0.5, 0.6) is 0 Å². The van der Waals surface area contributed by atoms with Gasteiger partial charge in [-0.3, -0.25) is 14.2 Å². The largest absolute Gasteiger partial charge is 0.756 e. The van der Waals surface area contributed by atoms with Gasteiger partial charge in [0.1, 0.15) is 19.8 Å². The fourth-order valence-electron chi connectivity index (χ4n) is 5.11. The van der Waals surface area contributed by atoms with E-state index in [1.807, 2.05) is 33.3 Å². The molecule has 0 aromatic rings. The van der Waals surface area contributed by atoms with Gasteiger partial charge >= 0.3 is 11.9 Å². The number of allylic oxidation sites excluding steroid dienone is 16. The minimum absolute atomic E-state index is 0.0557. The Morgan fingerprint density at radius 3 is 1.38 bits per heavy atom. The zero-order valence-corrected chi connectivity index (χ0v) is 37.8. The number of phosphoric ester groups is 1. The van der Waals surface area contributed by atoms with Crippen LogP contribution in [-0.2, 0) is 32.7 Å². The lowest BCUT2D eigenvalue weighted by Gasteiger charge is -2.28. The zero-order valence-electron chi connectivity index (χ0n) is 36.9. The van der Waals surface area contributed by atoms with Crippen LogP contribution >= 0.6 is 7.82 Å². The van der Waals surface area contributed by atoms with Crippen LogP contribution in [0.2, 0.25) is 0 Å². The Morgan fingerprint density at radius 1 is 0.534 bits per heavy atom. The Morgan fingerprint density at radius 2 is 0.948 bits per heavy atom. The maximum absolute atomic E-state index is 12.6. The quantitative estimate of drug-likeness (QED) is 0.0199. The summed E-state index contributed by atoms with van der Waals surface area (Å²) in [6.45, 7) is 4.01. The summed E-state index contributed by atoms with van der Waals surface area (Å²) in [6, 6.07) is 0. The fourth-order valence-corrected chi connectivity index (χ4v) is 5.84. The summed E-state index contributed by atoms with van der Waals surface area (Å²) in [4.78, 5) is 37.5. The standard InChI is InChI=1S/C48H80NO8P/c1-6-8-10-12-14-16-18-20-22-23-24-25-27-29-31-33-35-37-39-41-48(51)57-46(45-56-58(52,53)55-43-42-49(3,4)5)44-54-47(50)40-38-36-34-32-30-28-26-21-19-17-15-13-11-9-7-2/h14-17,20-22,24-26,29-32,35,37,46H,6-13,18-19,23,27-28,33-34,36,38-45H2,1-5H3/b16-14+,17-15+,22-20+,25-24+,26-21+,31-29+,32-30+,37-35+/t46-/m1/s1. The molecule has 0 aliphatic heterocycles. The maximum atomic E-state index is 12.6. The van der Waals surface area contributed by atoms with Crippen molar-refractivity contribution in [3.05, 3.63) is 97.2 Å². The summed E-state index contributed by atoms with van der Waals surface area (Å²) in [6.07, 6.45) is 51.7. The molecular weight excluding hydrogens is 750 g/mol. The van der Waals surface area contributed by atoms with Crippen molar-refractivity contribution >= 4 is 19.8 Å². The lowest BCUT2D eigenvalue weighted by atomic mass is 10.1. The molecular formula is C48H80NO8P. The molecule has 0 N–H and O–H groups in total. The third-order valence-electron chi connectivity index (χ3n) is 8.59. The van der Waals surface area contributed by atoms with E-state index in [0.29, 0.717) is 23.9 Å². The van der Waals surface area contributed by atoms with Crippen LogP contribution in [-0.4, -0.2) is 70.0 Å². The predicted octanol–water partition coefficient (Wildman–Crippen LogP) is 11.9. The number of carbonyl (C=O) groups excluding carboxylic acids is 2. The molecule has 9 nitrogen and oxygen atoms in total. The molecule has 0 radical (unpaired) electrons. The van der Waals surface area contributed by atoms with E-state index in [-0.39, 0.29) is 26.1 Å². The number of quaternary nitrogens is 1. The van der Waals surface area contributed by atoms with Crippen LogP contribution in [0.25, 0.3) is 0 Å². The van der Waals surface area contributed by atoms with E-state index in [0.717, 1.165) is 57.8 Å². The van der Waals surface area contributed by atoms with Crippen molar-refractivity contribution in [3.63, 3.8) is 0 Å². The first-order chi connectivity index (χ1) is 28.0. The Labute approximate surface area is 353 Å². The Bertz CT molecular complexity index is 1300. The van der Waals surface area contributed by atoms with E-state index in [1.54, 1.807) is 0 Å². The Hall–Kier alpha value is -3.07. The van der Waals surface area contributed by atoms with Crippen molar-refractivity contribution in [1.29, 1.82) is 0 Å². The minimum atomic E-state index is -4.66. The number of likely N-dealkylation sites (N-methyl/N-ethyl adjacent to an activating group) is 1. The first-order valence-corrected chi connectivity index (χ1v) is 23.4. The predicted molar refractivity (Wildman–Crippen MR) is 240 cm³/mol. The lowest BCUT2D eigenvalue weighted by Crippen LogP contribution is -2.37. The van der Waals surface area contributed by atoms with E-state index >= 15 is 0 Å². The van der Waals surface area contributed by atoms with Crippen molar-refractivity contribution in [1.82, 2.24) is 0 Å². The fraction of sp³-hybridized carbons (Fsp3) is 0.625. The maximum Gasteiger partial charge on any atom is 0.306 e. The summed E-state index contributed by atoms with van der Waals surface area (Å²) in [5.41, 5.74) is 0. The molecule has 58 heavy (non-hydrogen) atoms. The minimum Gasteiger partial charge on any atom is -0.756 e. The van der Waals surface area contributed by atoms with Crippen molar-refractivity contribution < 1.29 is 42.1 Å². The molecule has 0 aromatic carbocycles. The molecule has 0 spiro atoms. The molecule has 0 saturated heterocycles. The normalized spacial score (nSPS) is 14.5. The second-order valence-corrected chi connectivity index (χ2v) is 16.8. The molecule has 0 aliphatic carbocycles. The number of hydrogen-bond donors (Lipinski definition) is 0. The van der Waals surface area contributed by atoms with Crippen molar-refractivity contribution in [2.24, 2.45) is 0 Å². The smallest absolute Gasteiger partial charge is 0.306 e. The molecule has 1 unspecified atom stereocenters. The molecule has 330 valence electrons. The third-order valence-corrected chi connectivity index (χ3v) is 9.55. The molecule has 0 amide bonds. The summed E-state index contributed by atoms with van der Waals surface area (Å²) in [5.74, 6) is -0.987. The molecule has 2 atom stereocenters.